The van der Waals surface area contributed by atoms with Gasteiger partial charge in [0.05, 0.1) is 14.2 Å². The van der Waals surface area contributed by atoms with E-state index in [0.717, 1.165) is 29.9 Å². The Kier molecular flexibility index (Phi) is 4.52. The number of ether oxygens (including phenoxy) is 2. The van der Waals surface area contributed by atoms with Crippen LogP contribution in [0.1, 0.15) is 38.2 Å². The van der Waals surface area contributed by atoms with Crippen LogP contribution in [0.25, 0.3) is 0 Å². The van der Waals surface area contributed by atoms with Gasteiger partial charge in [-0.2, -0.15) is 0 Å². The predicted molar refractivity (Wildman–Crippen MR) is 77.6 cm³/mol. The molecule has 0 aliphatic heterocycles. The van der Waals surface area contributed by atoms with Crippen molar-refractivity contribution in [3.05, 3.63) is 34.9 Å². The molecule has 0 spiro atoms. The molecule has 1 saturated carbocycles. The van der Waals surface area contributed by atoms with Gasteiger partial charge in [0.15, 0.2) is 0 Å². The fourth-order valence-electron chi connectivity index (χ4n) is 1.96. The van der Waals surface area contributed by atoms with Crippen LogP contribution < -0.4 is 9.47 Å². The van der Waals surface area contributed by atoms with E-state index in [-0.39, 0.29) is 0 Å². The molecule has 0 amide bonds. The normalized spacial score (nSPS) is 12.5. The third kappa shape index (κ3) is 4.06. The molecule has 1 aliphatic carbocycles. The molecule has 1 fully saturated rings. The van der Waals surface area contributed by atoms with Gasteiger partial charge >= 0.3 is 0 Å². The topological polar surface area (TPSA) is 18.5 Å². The molecule has 0 radical (unpaired) electrons. The predicted octanol–water partition coefficient (Wildman–Crippen LogP) is 3.95. The molecule has 1 aromatic rings. The van der Waals surface area contributed by atoms with E-state index in [0.29, 0.717) is 0 Å². The zero-order chi connectivity index (χ0) is 13.7. The molecule has 0 aromatic heterocycles. The molecular weight excluding hydrogens is 236 g/mol. The number of hydrogen-bond donors (Lipinski definition) is 0. The molecular formula is C17H20O2. The molecule has 0 atom stereocenters. The summed E-state index contributed by atoms with van der Waals surface area (Å²) in [6.07, 6.45) is 4.59. The van der Waals surface area contributed by atoms with Crippen LogP contribution in [-0.4, -0.2) is 14.2 Å². The molecule has 0 unspecified atom stereocenters. The van der Waals surface area contributed by atoms with Crippen molar-refractivity contribution in [3.8, 4) is 23.3 Å². The van der Waals surface area contributed by atoms with Gasteiger partial charge in [-0.15, -0.1) is 0 Å². The van der Waals surface area contributed by atoms with Gasteiger partial charge < -0.3 is 9.47 Å². The number of methoxy groups -OCH3 is 2. The fourth-order valence-corrected chi connectivity index (χ4v) is 1.96. The van der Waals surface area contributed by atoms with Crippen LogP contribution in [0.2, 0.25) is 0 Å². The highest BCUT2D eigenvalue weighted by atomic mass is 16.5. The van der Waals surface area contributed by atoms with E-state index < -0.39 is 0 Å². The number of allylic oxidation sites excluding steroid dienone is 2. The zero-order valence-corrected chi connectivity index (χ0v) is 11.9. The van der Waals surface area contributed by atoms with Crippen LogP contribution in [0.3, 0.4) is 0 Å². The van der Waals surface area contributed by atoms with Gasteiger partial charge in [0.1, 0.15) is 11.5 Å². The van der Waals surface area contributed by atoms with Gasteiger partial charge in [-0.3, -0.25) is 0 Å². The van der Waals surface area contributed by atoms with Crippen LogP contribution in [0.4, 0.5) is 0 Å². The van der Waals surface area contributed by atoms with Crippen LogP contribution >= 0.6 is 0 Å². The average molecular weight is 256 g/mol. The molecule has 1 aromatic carbocycles. The first kappa shape index (κ1) is 13.5. The van der Waals surface area contributed by atoms with Crippen molar-refractivity contribution in [2.75, 3.05) is 14.2 Å². The molecule has 2 heteroatoms. The number of hydrogen-bond acceptors (Lipinski definition) is 2. The molecule has 2 rings (SSSR count). The Bertz CT molecular complexity index is 516. The van der Waals surface area contributed by atoms with E-state index in [1.807, 2.05) is 18.2 Å². The molecule has 0 bridgehead atoms. The second-order valence-corrected chi connectivity index (χ2v) is 4.79. The highest BCUT2D eigenvalue weighted by Gasteiger charge is 2.13. The molecule has 0 heterocycles. The summed E-state index contributed by atoms with van der Waals surface area (Å²) in [6, 6.07) is 5.72. The van der Waals surface area contributed by atoms with Gasteiger partial charge in [-0.25, -0.2) is 0 Å². The standard InChI is InChI=1S/C17H20O2/c1-13(15-8-9-15)6-4-5-7-14-10-16(18-2)12-17(11-14)19-3/h10-12H,4,6,8-9H2,1-3H3. The van der Waals surface area contributed by atoms with E-state index in [2.05, 4.69) is 18.8 Å². The maximum atomic E-state index is 5.23. The first-order valence-corrected chi connectivity index (χ1v) is 6.62. The Morgan fingerprint density at radius 3 is 2.26 bits per heavy atom. The molecule has 2 nitrogen and oxygen atoms in total. The molecule has 0 N–H and O–H groups in total. The van der Waals surface area contributed by atoms with E-state index in [1.54, 1.807) is 19.8 Å². The van der Waals surface area contributed by atoms with Gasteiger partial charge in [0.25, 0.3) is 0 Å². The van der Waals surface area contributed by atoms with Gasteiger partial charge in [-0.05, 0) is 38.3 Å². The van der Waals surface area contributed by atoms with Crippen LogP contribution in [0, 0.1) is 11.8 Å². The Labute approximate surface area is 115 Å². The fraction of sp³-hybridized carbons (Fsp3) is 0.412. The lowest BCUT2D eigenvalue weighted by Gasteiger charge is -2.04. The van der Waals surface area contributed by atoms with Gasteiger partial charge in [0, 0.05) is 18.1 Å². The van der Waals surface area contributed by atoms with Crippen molar-refractivity contribution in [2.24, 2.45) is 0 Å². The second kappa shape index (κ2) is 6.33. The van der Waals surface area contributed by atoms with E-state index in [4.69, 9.17) is 9.47 Å². The summed E-state index contributed by atoms with van der Waals surface area (Å²) in [4.78, 5) is 0. The van der Waals surface area contributed by atoms with Crippen molar-refractivity contribution < 1.29 is 9.47 Å². The summed E-state index contributed by atoms with van der Waals surface area (Å²) in [5.74, 6) is 7.95. The minimum absolute atomic E-state index is 0.778. The van der Waals surface area contributed by atoms with Gasteiger partial charge in [-0.1, -0.05) is 23.0 Å². The van der Waals surface area contributed by atoms with E-state index in [9.17, 15) is 0 Å². The lowest BCUT2D eigenvalue weighted by Crippen LogP contribution is -1.88. The molecule has 19 heavy (non-hydrogen) atoms. The van der Waals surface area contributed by atoms with Crippen molar-refractivity contribution in [3.63, 3.8) is 0 Å². The highest BCUT2D eigenvalue weighted by Crippen LogP contribution is 2.32. The van der Waals surface area contributed by atoms with E-state index >= 15 is 0 Å². The lowest BCUT2D eigenvalue weighted by molar-refractivity contribution is 0.394. The third-order valence-corrected chi connectivity index (χ3v) is 3.31. The number of benzene rings is 1. The highest BCUT2D eigenvalue weighted by molar-refractivity contribution is 5.46. The number of rotatable bonds is 4. The quantitative estimate of drug-likeness (QED) is 0.600. The molecule has 100 valence electrons. The molecule has 1 aliphatic rings. The maximum absolute atomic E-state index is 5.23. The minimum atomic E-state index is 0.778. The lowest BCUT2D eigenvalue weighted by atomic mass is 10.1. The summed E-state index contributed by atoms with van der Waals surface area (Å²) < 4.78 is 10.5. The Morgan fingerprint density at radius 2 is 1.74 bits per heavy atom. The van der Waals surface area contributed by atoms with Crippen molar-refractivity contribution in [1.82, 2.24) is 0 Å². The summed E-state index contributed by atoms with van der Waals surface area (Å²) >= 11 is 0. The largest absolute Gasteiger partial charge is 0.497 e. The minimum Gasteiger partial charge on any atom is -0.497 e. The first-order valence-electron chi connectivity index (χ1n) is 6.62. The van der Waals surface area contributed by atoms with Crippen LogP contribution in [0.15, 0.2) is 29.3 Å². The maximum Gasteiger partial charge on any atom is 0.123 e. The van der Waals surface area contributed by atoms with Crippen molar-refractivity contribution in [1.29, 1.82) is 0 Å². The van der Waals surface area contributed by atoms with Crippen molar-refractivity contribution in [2.45, 2.75) is 32.6 Å². The second-order valence-electron chi connectivity index (χ2n) is 4.79. The monoisotopic (exact) mass is 256 g/mol. The van der Waals surface area contributed by atoms with Crippen LogP contribution in [-0.2, 0) is 0 Å². The smallest absolute Gasteiger partial charge is 0.123 e. The summed E-state index contributed by atoms with van der Waals surface area (Å²) in [5, 5.41) is 0. The first-order chi connectivity index (χ1) is 9.22. The summed E-state index contributed by atoms with van der Waals surface area (Å²) in [5.41, 5.74) is 4.09. The van der Waals surface area contributed by atoms with Crippen LogP contribution in [0.5, 0.6) is 11.5 Å². The average Bonchev–Trinajstić information content (AvgIpc) is 3.27. The SMILES string of the molecule is COc1cc(C#CCCC(C)=C2CC2)cc(OC)c1. The zero-order valence-electron chi connectivity index (χ0n) is 11.9. The Morgan fingerprint density at radius 1 is 1.11 bits per heavy atom. The summed E-state index contributed by atoms with van der Waals surface area (Å²) in [6.45, 7) is 2.22. The van der Waals surface area contributed by atoms with E-state index in [1.165, 1.54) is 18.4 Å². The summed E-state index contributed by atoms with van der Waals surface area (Å²) in [7, 11) is 3.30. The Hall–Kier alpha value is -1.88. The van der Waals surface area contributed by atoms with Crippen molar-refractivity contribution >= 4 is 0 Å². The Balaban J connectivity index is 2.00. The van der Waals surface area contributed by atoms with Gasteiger partial charge in [0.2, 0.25) is 0 Å². The molecule has 0 saturated heterocycles. The third-order valence-electron chi connectivity index (χ3n) is 3.31.